The van der Waals surface area contributed by atoms with Gasteiger partial charge in [0.15, 0.2) is 9.84 Å². The topological polar surface area (TPSA) is 113 Å². The van der Waals surface area contributed by atoms with Crippen LogP contribution in [0, 0.1) is 23.0 Å². The van der Waals surface area contributed by atoms with Crippen LogP contribution in [-0.4, -0.2) is 26.6 Å². The van der Waals surface area contributed by atoms with Gasteiger partial charge in [0, 0.05) is 12.2 Å². The summed E-state index contributed by atoms with van der Waals surface area (Å²) in [5.41, 5.74) is 4.90. The first-order valence-corrected chi connectivity index (χ1v) is 7.04. The first-order valence-electron chi connectivity index (χ1n) is 5.39. The predicted octanol–water partition coefficient (Wildman–Crippen LogP) is 0.351. The van der Waals surface area contributed by atoms with Gasteiger partial charge in [0.2, 0.25) is 5.91 Å². The molecule has 9 heteroatoms. The molecule has 0 bridgehead atoms. The number of nitrogen functional groups attached to an aromatic ring is 1. The molecule has 1 aromatic rings. The highest BCUT2D eigenvalue weighted by Gasteiger charge is 2.27. The molecule has 0 atom stereocenters. The lowest BCUT2D eigenvalue weighted by molar-refractivity contribution is -0.118. The third kappa shape index (κ3) is 3.89. The molecule has 108 valence electrons. The normalized spacial score (nSPS) is 10.8. The van der Waals surface area contributed by atoms with E-state index < -0.39 is 38.0 Å². The van der Waals surface area contributed by atoms with E-state index in [1.807, 2.05) is 0 Å². The number of carbonyl (C=O) groups excluding carboxylic acids is 1. The minimum absolute atomic E-state index is 0.00359. The molecule has 3 N–H and O–H groups in total. The summed E-state index contributed by atoms with van der Waals surface area (Å²) in [5.74, 6) is -4.77. The van der Waals surface area contributed by atoms with Crippen molar-refractivity contribution >= 4 is 21.4 Å². The summed E-state index contributed by atoms with van der Waals surface area (Å²) in [5, 5.41) is 10.4. The lowest BCUT2D eigenvalue weighted by Crippen LogP contribution is -2.31. The van der Waals surface area contributed by atoms with Gasteiger partial charge in [0.1, 0.15) is 22.3 Å². The summed E-state index contributed by atoms with van der Waals surface area (Å²) in [4.78, 5) is 10.1. The Morgan fingerprint density at radius 3 is 2.40 bits per heavy atom. The lowest BCUT2D eigenvalue weighted by Gasteiger charge is -2.08. The van der Waals surface area contributed by atoms with Crippen LogP contribution in [0.1, 0.15) is 6.42 Å². The Hall–Kier alpha value is -2.21. The van der Waals surface area contributed by atoms with Gasteiger partial charge in [-0.3, -0.25) is 4.79 Å². The highest BCUT2D eigenvalue weighted by Crippen LogP contribution is 2.22. The van der Waals surface area contributed by atoms with Crippen molar-refractivity contribution in [1.82, 2.24) is 5.32 Å². The largest absolute Gasteiger partial charge is 0.399 e. The van der Waals surface area contributed by atoms with Crippen molar-refractivity contribution in [2.75, 3.05) is 18.0 Å². The Morgan fingerprint density at radius 2 is 1.90 bits per heavy atom. The van der Waals surface area contributed by atoms with Gasteiger partial charge >= 0.3 is 0 Å². The number of hydrogen-bond donors (Lipinski definition) is 2. The van der Waals surface area contributed by atoms with Crippen LogP contribution in [0.15, 0.2) is 17.0 Å². The van der Waals surface area contributed by atoms with Crippen LogP contribution < -0.4 is 11.1 Å². The average molecular weight is 303 g/mol. The Labute approximate surface area is 114 Å². The fourth-order valence-electron chi connectivity index (χ4n) is 1.43. The molecular formula is C11H11F2N3O3S. The number of nitriles is 1. The number of hydrogen-bond acceptors (Lipinski definition) is 5. The zero-order chi connectivity index (χ0) is 15.3. The first kappa shape index (κ1) is 15.8. The van der Waals surface area contributed by atoms with Crippen LogP contribution in [-0.2, 0) is 14.6 Å². The molecule has 0 saturated carbocycles. The van der Waals surface area contributed by atoms with E-state index in [9.17, 15) is 22.0 Å². The summed E-state index contributed by atoms with van der Waals surface area (Å²) in [7, 11) is -4.48. The van der Waals surface area contributed by atoms with Crippen LogP contribution in [0.4, 0.5) is 14.5 Å². The molecule has 0 aromatic heterocycles. The molecule has 0 unspecified atom stereocenters. The van der Waals surface area contributed by atoms with Crippen molar-refractivity contribution in [3.63, 3.8) is 0 Å². The van der Waals surface area contributed by atoms with Gasteiger partial charge in [-0.05, 0) is 12.1 Å². The number of carbonyl (C=O) groups is 1. The molecule has 0 spiro atoms. The van der Waals surface area contributed by atoms with Crippen molar-refractivity contribution in [3.05, 3.63) is 23.8 Å². The molecule has 1 rings (SSSR count). The van der Waals surface area contributed by atoms with Crippen molar-refractivity contribution in [1.29, 1.82) is 5.26 Å². The van der Waals surface area contributed by atoms with Gasteiger partial charge in [-0.2, -0.15) is 5.26 Å². The summed E-state index contributed by atoms with van der Waals surface area (Å²) >= 11 is 0. The molecule has 1 amide bonds. The van der Waals surface area contributed by atoms with Crippen LogP contribution in [0.25, 0.3) is 0 Å². The van der Waals surface area contributed by atoms with E-state index in [0.29, 0.717) is 12.1 Å². The number of rotatable bonds is 5. The molecule has 0 radical (unpaired) electrons. The van der Waals surface area contributed by atoms with Gasteiger partial charge < -0.3 is 11.1 Å². The molecule has 0 aliphatic carbocycles. The zero-order valence-electron chi connectivity index (χ0n) is 10.2. The Morgan fingerprint density at radius 1 is 1.35 bits per heavy atom. The van der Waals surface area contributed by atoms with Crippen LogP contribution >= 0.6 is 0 Å². The smallest absolute Gasteiger partial charge is 0.235 e. The maximum Gasteiger partial charge on any atom is 0.235 e. The number of sulfone groups is 1. The summed E-state index contributed by atoms with van der Waals surface area (Å²) in [6.45, 7) is -0.0441. The van der Waals surface area contributed by atoms with E-state index >= 15 is 0 Å². The third-order valence-electron chi connectivity index (χ3n) is 2.21. The van der Waals surface area contributed by atoms with Gasteiger partial charge in [-0.25, -0.2) is 17.2 Å². The second-order valence-electron chi connectivity index (χ2n) is 3.83. The lowest BCUT2D eigenvalue weighted by atomic mass is 10.3. The minimum Gasteiger partial charge on any atom is -0.399 e. The molecule has 1 aromatic carbocycles. The Bertz CT molecular complexity index is 645. The van der Waals surface area contributed by atoms with Crippen LogP contribution in [0.2, 0.25) is 0 Å². The SMILES string of the molecule is N#CCCNC(=O)CS(=O)(=O)c1c(F)cc(N)cc1F. The second kappa shape index (κ2) is 6.29. The quantitative estimate of drug-likeness (QED) is 0.602. The molecule has 0 fully saturated rings. The van der Waals surface area contributed by atoms with Gasteiger partial charge in [-0.15, -0.1) is 0 Å². The van der Waals surface area contributed by atoms with E-state index in [2.05, 4.69) is 5.32 Å². The molecule has 6 nitrogen and oxygen atoms in total. The summed E-state index contributed by atoms with van der Waals surface area (Å²) in [6.07, 6.45) is -0.00359. The molecular weight excluding hydrogens is 292 g/mol. The number of anilines is 1. The third-order valence-corrected chi connectivity index (χ3v) is 3.87. The second-order valence-corrected chi connectivity index (χ2v) is 5.76. The maximum absolute atomic E-state index is 13.5. The highest BCUT2D eigenvalue weighted by atomic mass is 32.2. The van der Waals surface area contributed by atoms with Crippen LogP contribution in [0.5, 0.6) is 0 Å². The van der Waals surface area contributed by atoms with E-state index in [1.54, 1.807) is 6.07 Å². The molecule has 0 aliphatic heterocycles. The van der Waals surface area contributed by atoms with Crippen LogP contribution in [0.3, 0.4) is 0 Å². The van der Waals surface area contributed by atoms with Crippen molar-refractivity contribution in [2.45, 2.75) is 11.3 Å². The fourth-order valence-corrected chi connectivity index (χ4v) is 2.73. The van der Waals surface area contributed by atoms with E-state index in [1.165, 1.54) is 0 Å². The van der Waals surface area contributed by atoms with Gasteiger partial charge in [0.25, 0.3) is 0 Å². The number of nitrogens with zero attached hydrogens (tertiary/aromatic N) is 1. The number of nitrogens with one attached hydrogen (secondary N) is 1. The molecule has 0 aliphatic rings. The van der Waals surface area contributed by atoms with Gasteiger partial charge in [0.05, 0.1) is 12.5 Å². The van der Waals surface area contributed by atoms with Crippen molar-refractivity contribution in [3.8, 4) is 6.07 Å². The highest BCUT2D eigenvalue weighted by molar-refractivity contribution is 7.92. The minimum atomic E-state index is -4.48. The van der Waals surface area contributed by atoms with E-state index in [-0.39, 0.29) is 18.7 Å². The maximum atomic E-state index is 13.5. The Kier molecular flexibility index (Phi) is 4.99. The van der Waals surface area contributed by atoms with Gasteiger partial charge in [-0.1, -0.05) is 0 Å². The number of amides is 1. The van der Waals surface area contributed by atoms with Crippen molar-refractivity contribution < 1.29 is 22.0 Å². The number of benzene rings is 1. The first-order chi connectivity index (χ1) is 9.27. The number of halogens is 2. The number of nitrogens with two attached hydrogens (primary N) is 1. The zero-order valence-corrected chi connectivity index (χ0v) is 11.0. The molecule has 0 heterocycles. The average Bonchev–Trinajstić information content (AvgIpc) is 2.26. The molecule has 0 saturated heterocycles. The van der Waals surface area contributed by atoms with Crippen molar-refractivity contribution in [2.24, 2.45) is 0 Å². The summed E-state index contributed by atoms with van der Waals surface area (Å²) in [6, 6.07) is 3.06. The van der Waals surface area contributed by atoms with E-state index in [0.717, 1.165) is 0 Å². The monoisotopic (exact) mass is 303 g/mol. The summed E-state index contributed by atoms with van der Waals surface area (Å²) < 4.78 is 50.5. The fraction of sp³-hybridized carbons (Fsp3) is 0.273. The molecule has 20 heavy (non-hydrogen) atoms. The standard InChI is InChI=1S/C11H11F2N3O3S/c12-8-4-7(15)5-9(13)11(8)20(18,19)6-10(17)16-3-1-2-14/h4-5H,1,3,6,15H2,(H,16,17). The van der Waals surface area contributed by atoms with E-state index in [4.69, 9.17) is 11.0 Å². The Balaban J connectivity index is 2.96. The predicted molar refractivity (Wildman–Crippen MR) is 66.1 cm³/mol.